The number of H-pyrrole nitrogens is 1. The van der Waals surface area contributed by atoms with Gasteiger partial charge in [0.05, 0.1) is 0 Å². The Morgan fingerprint density at radius 3 is 2.67 bits per heavy atom. The van der Waals surface area contributed by atoms with Crippen molar-refractivity contribution < 1.29 is 9.90 Å². The summed E-state index contributed by atoms with van der Waals surface area (Å²) in [6, 6.07) is 10.7. The van der Waals surface area contributed by atoms with Gasteiger partial charge in [-0.05, 0) is 41.8 Å². The van der Waals surface area contributed by atoms with Crippen molar-refractivity contribution in [2.24, 2.45) is 0 Å². The first kappa shape index (κ1) is 14.5. The second-order valence-electron chi connectivity index (χ2n) is 5.26. The standard InChI is InChI=1S/C17H11ClN4O2/c18-9-1-3-10(4-2-9)20-16-13-8-19-6-5-11(13)12-7-14(17(23)24)21-15(12)22-16/h1-8H,(H,23,24)(H2,20,21,22). The van der Waals surface area contributed by atoms with E-state index < -0.39 is 5.97 Å². The molecule has 3 heterocycles. The van der Waals surface area contributed by atoms with Crippen LogP contribution >= 0.6 is 11.6 Å². The van der Waals surface area contributed by atoms with Gasteiger partial charge in [0.2, 0.25) is 0 Å². The van der Waals surface area contributed by atoms with Gasteiger partial charge in [-0.25, -0.2) is 9.78 Å². The van der Waals surface area contributed by atoms with E-state index in [1.807, 2.05) is 18.2 Å². The molecule has 4 rings (SSSR count). The lowest BCUT2D eigenvalue weighted by Crippen LogP contribution is -1.97. The molecule has 0 bridgehead atoms. The lowest BCUT2D eigenvalue weighted by molar-refractivity contribution is 0.0691. The number of anilines is 2. The molecule has 6 nitrogen and oxygen atoms in total. The number of fused-ring (bicyclic) bond motifs is 3. The average molecular weight is 339 g/mol. The third-order valence-corrected chi connectivity index (χ3v) is 3.98. The number of aromatic carboxylic acids is 1. The largest absolute Gasteiger partial charge is 0.477 e. The highest BCUT2D eigenvalue weighted by molar-refractivity contribution is 6.30. The molecule has 0 fully saturated rings. The Labute approximate surface area is 141 Å². The van der Waals surface area contributed by atoms with Crippen LogP contribution in [-0.4, -0.2) is 26.0 Å². The number of rotatable bonds is 3. The molecule has 0 aliphatic rings. The summed E-state index contributed by atoms with van der Waals surface area (Å²) in [5, 5.41) is 15.5. The van der Waals surface area contributed by atoms with Gasteiger partial charge in [0.1, 0.15) is 17.2 Å². The van der Waals surface area contributed by atoms with Gasteiger partial charge in [0, 0.05) is 33.9 Å². The van der Waals surface area contributed by atoms with Gasteiger partial charge < -0.3 is 15.4 Å². The van der Waals surface area contributed by atoms with E-state index in [2.05, 4.69) is 20.3 Å². The zero-order valence-corrected chi connectivity index (χ0v) is 13.0. The molecular weight excluding hydrogens is 328 g/mol. The molecule has 1 aromatic carbocycles. The van der Waals surface area contributed by atoms with Crippen LogP contribution in [0.15, 0.2) is 48.8 Å². The van der Waals surface area contributed by atoms with Crippen molar-refractivity contribution in [3.8, 4) is 0 Å². The first-order valence-corrected chi connectivity index (χ1v) is 7.52. The Bertz CT molecular complexity index is 1070. The predicted molar refractivity (Wildman–Crippen MR) is 93.1 cm³/mol. The third kappa shape index (κ3) is 2.43. The predicted octanol–water partition coefficient (Wildman–Crippen LogP) is 4.21. The molecule has 3 N–H and O–H groups in total. The molecule has 0 unspecified atom stereocenters. The lowest BCUT2D eigenvalue weighted by atomic mass is 10.1. The van der Waals surface area contributed by atoms with E-state index in [-0.39, 0.29) is 5.69 Å². The number of pyridine rings is 2. The minimum absolute atomic E-state index is 0.0965. The van der Waals surface area contributed by atoms with E-state index in [4.69, 9.17) is 11.6 Å². The first-order chi connectivity index (χ1) is 11.6. The molecule has 3 aromatic heterocycles. The molecule has 0 atom stereocenters. The summed E-state index contributed by atoms with van der Waals surface area (Å²) in [4.78, 5) is 22.7. The Hall–Kier alpha value is -3.12. The van der Waals surface area contributed by atoms with Crippen molar-refractivity contribution >= 4 is 50.9 Å². The Morgan fingerprint density at radius 1 is 1.12 bits per heavy atom. The van der Waals surface area contributed by atoms with Crippen molar-refractivity contribution in [1.82, 2.24) is 15.0 Å². The molecule has 0 amide bonds. The van der Waals surface area contributed by atoms with E-state index in [0.717, 1.165) is 21.8 Å². The zero-order chi connectivity index (χ0) is 16.7. The minimum atomic E-state index is -1.03. The molecule has 0 spiro atoms. The maximum absolute atomic E-state index is 11.2. The molecule has 7 heteroatoms. The Morgan fingerprint density at radius 2 is 1.92 bits per heavy atom. The van der Waals surface area contributed by atoms with Crippen LogP contribution < -0.4 is 5.32 Å². The van der Waals surface area contributed by atoms with Gasteiger partial charge >= 0.3 is 5.97 Å². The molecular formula is C17H11ClN4O2. The maximum Gasteiger partial charge on any atom is 0.352 e. The number of nitrogens with zero attached hydrogens (tertiary/aromatic N) is 2. The molecule has 0 aliphatic carbocycles. The van der Waals surface area contributed by atoms with E-state index >= 15 is 0 Å². The first-order valence-electron chi connectivity index (χ1n) is 7.14. The van der Waals surface area contributed by atoms with Crippen molar-refractivity contribution in [1.29, 1.82) is 0 Å². The van der Waals surface area contributed by atoms with Gasteiger partial charge in [-0.2, -0.15) is 0 Å². The highest BCUT2D eigenvalue weighted by atomic mass is 35.5. The summed E-state index contributed by atoms with van der Waals surface area (Å²) in [5.74, 6) is -0.436. The number of hydrogen-bond acceptors (Lipinski definition) is 4. The average Bonchev–Trinajstić information content (AvgIpc) is 3.02. The second-order valence-corrected chi connectivity index (χ2v) is 5.70. The number of hydrogen-bond donors (Lipinski definition) is 3. The SMILES string of the molecule is O=C(O)c1cc2c(nc(Nc3ccc(Cl)cc3)c3cnccc32)[nH]1. The number of aromatic amines is 1. The number of nitrogens with one attached hydrogen (secondary N) is 2. The number of benzene rings is 1. The fourth-order valence-electron chi connectivity index (χ4n) is 2.61. The van der Waals surface area contributed by atoms with Crippen LogP contribution in [0.2, 0.25) is 5.02 Å². The zero-order valence-electron chi connectivity index (χ0n) is 12.2. The topological polar surface area (TPSA) is 90.9 Å². The Kier molecular flexibility index (Phi) is 3.32. The van der Waals surface area contributed by atoms with Gasteiger partial charge in [-0.3, -0.25) is 4.98 Å². The molecule has 118 valence electrons. The molecule has 0 aliphatic heterocycles. The number of halogens is 1. The maximum atomic E-state index is 11.2. The van der Waals surface area contributed by atoms with E-state index in [1.54, 1.807) is 30.6 Å². The van der Waals surface area contributed by atoms with Crippen LogP contribution in [0.25, 0.3) is 21.8 Å². The van der Waals surface area contributed by atoms with Crippen LogP contribution in [0.3, 0.4) is 0 Å². The Balaban J connectivity index is 1.92. The summed E-state index contributed by atoms with van der Waals surface area (Å²) in [5.41, 5.74) is 1.42. The van der Waals surface area contributed by atoms with Crippen LogP contribution in [-0.2, 0) is 0 Å². The summed E-state index contributed by atoms with van der Waals surface area (Å²) in [7, 11) is 0. The summed E-state index contributed by atoms with van der Waals surface area (Å²) in [6.07, 6.45) is 3.37. The van der Waals surface area contributed by atoms with E-state index in [9.17, 15) is 9.90 Å². The fraction of sp³-hybridized carbons (Fsp3) is 0. The quantitative estimate of drug-likeness (QED) is 0.520. The van der Waals surface area contributed by atoms with Crippen LogP contribution in [0, 0.1) is 0 Å². The smallest absolute Gasteiger partial charge is 0.352 e. The molecule has 4 aromatic rings. The summed E-state index contributed by atoms with van der Waals surface area (Å²) >= 11 is 5.91. The second kappa shape index (κ2) is 5.50. The van der Waals surface area contributed by atoms with Crippen LogP contribution in [0.4, 0.5) is 11.5 Å². The minimum Gasteiger partial charge on any atom is -0.477 e. The van der Waals surface area contributed by atoms with E-state index in [1.165, 1.54) is 0 Å². The van der Waals surface area contributed by atoms with Gasteiger partial charge in [0.15, 0.2) is 0 Å². The van der Waals surface area contributed by atoms with Gasteiger partial charge in [-0.15, -0.1) is 0 Å². The van der Waals surface area contributed by atoms with Crippen molar-refractivity contribution in [2.45, 2.75) is 0 Å². The van der Waals surface area contributed by atoms with Crippen LogP contribution in [0.5, 0.6) is 0 Å². The molecule has 0 saturated heterocycles. The third-order valence-electron chi connectivity index (χ3n) is 3.72. The van der Waals surface area contributed by atoms with Crippen molar-refractivity contribution in [2.75, 3.05) is 5.32 Å². The highest BCUT2D eigenvalue weighted by Gasteiger charge is 2.14. The van der Waals surface area contributed by atoms with Crippen molar-refractivity contribution in [3.63, 3.8) is 0 Å². The number of carbonyl (C=O) groups is 1. The molecule has 0 radical (unpaired) electrons. The number of aromatic nitrogens is 3. The molecule has 24 heavy (non-hydrogen) atoms. The fourth-order valence-corrected chi connectivity index (χ4v) is 2.73. The summed E-state index contributed by atoms with van der Waals surface area (Å²) < 4.78 is 0. The van der Waals surface area contributed by atoms with Gasteiger partial charge in [-0.1, -0.05) is 11.6 Å². The molecule has 0 saturated carbocycles. The highest BCUT2D eigenvalue weighted by Crippen LogP contribution is 2.31. The normalized spacial score (nSPS) is 11.0. The van der Waals surface area contributed by atoms with E-state index in [0.29, 0.717) is 16.5 Å². The van der Waals surface area contributed by atoms with Crippen LogP contribution in [0.1, 0.15) is 10.5 Å². The lowest BCUT2D eigenvalue weighted by Gasteiger charge is -2.09. The van der Waals surface area contributed by atoms with Crippen molar-refractivity contribution in [3.05, 3.63) is 59.5 Å². The van der Waals surface area contributed by atoms with Gasteiger partial charge in [0.25, 0.3) is 0 Å². The number of carboxylic acids is 1. The monoisotopic (exact) mass is 338 g/mol. The number of carboxylic acid groups (broad SMARTS) is 1. The summed E-state index contributed by atoms with van der Waals surface area (Å²) in [6.45, 7) is 0.